The van der Waals surface area contributed by atoms with Crippen LogP contribution >= 0.6 is 0 Å². The summed E-state index contributed by atoms with van der Waals surface area (Å²) >= 11 is 0. The predicted molar refractivity (Wildman–Crippen MR) is 95.6 cm³/mol. The molecule has 0 atom stereocenters. The van der Waals surface area contributed by atoms with Crippen molar-refractivity contribution in [3.05, 3.63) is 24.3 Å². The lowest BCUT2D eigenvalue weighted by atomic mass is 9.90. The first-order valence-electron chi connectivity index (χ1n) is 8.01. The summed E-state index contributed by atoms with van der Waals surface area (Å²) < 4.78 is 0. The number of nitrogens with one attached hydrogen (secondary N) is 2. The summed E-state index contributed by atoms with van der Waals surface area (Å²) in [6, 6.07) is 7.51. The van der Waals surface area contributed by atoms with E-state index in [1.807, 2.05) is 43.3 Å². The lowest BCUT2D eigenvalue weighted by Crippen LogP contribution is -2.45. The first kappa shape index (κ1) is 19.0. The van der Waals surface area contributed by atoms with Crippen molar-refractivity contribution in [1.82, 2.24) is 5.32 Å². The molecule has 2 N–H and O–H groups in total. The maximum atomic E-state index is 12.4. The Balaban J connectivity index is 2.65. The van der Waals surface area contributed by atoms with Crippen molar-refractivity contribution in [1.29, 1.82) is 0 Å². The van der Waals surface area contributed by atoms with Gasteiger partial charge in [-0.05, 0) is 50.5 Å². The fourth-order valence-corrected chi connectivity index (χ4v) is 1.93. The number of hydrogen-bond acceptors (Lipinski definition) is 3. The van der Waals surface area contributed by atoms with Gasteiger partial charge in [-0.3, -0.25) is 9.59 Å². The molecule has 5 nitrogen and oxygen atoms in total. The predicted octanol–water partition coefficient (Wildman–Crippen LogP) is 2.88. The maximum Gasteiger partial charge on any atom is 0.239 e. The molecule has 0 aromatic heterocycles. The van der Waals surface area contributed by atoms with Crippen LogP contribution in [0.4, 0.5) is 11.4 Å². The van der Waals surface area contributed by atoms with Crippen LogP contribution in [0.3, 0.4) is 0 Å². The number of benzene rings is 1. The molecule has 0 bridgehead atoms. The van der Waals surface area contributed by atoms with Crippen molar-refractivity contribution >= 4 is 23.2 Å². The van der Waals surface area contributed by atoms with Gasteiger partial charge in [0.1, 0.15) is 5.41 Å². The molecule has 0 aliphatic rings. The number of carbonyl (C=O) groups is 2. The molecule has 0 heterocycles. The Hall–Kier alpha value is -2.04. The minimum Gasteiger partial charge on any atom is -0.378 e. The third kappa shape index (κ3) is 5.58. The van der Waals surface area contributed by atoms with E-state index < -0.39 is 5.41 Å². The van der Waals surface area contributed by atoms with Crippen LogP contribution in [0.1, 0.15) is 34.1 Å². The zero-order chi connectivity index (χ0) is 17.6. The SMILES string of the molecule is CC(C)CCNC(=O)C(C)(C)C(=O)Nc1ccc(N(C)C)cc1. The topological polar surface area (TPSA) is 61.4 Å². The minimum atomic E-state index is -1.11. The van der Waals surface area contributed by atoms with Gasteiger partial charge in [-0.25, -0.2) is 0 Å². The second kappa shape index (κ2) is 7.99. The van der Waals surface area contributed by atoms with E-state index in [1.54, 1.807) is 13.8 Å². The van der Waals surface area contributed by atoms with Gasteiger partial charge < -0.3 is 15.5 Å². The highest BCUT2D eigenvalue weighted by Crippen LogP contribution is 2.21. The summed E-state index contributed by atoms with van der Waals surface area (Å²) in [5, 5.41) is 5.65. The molecule has 0 saturated carbocycles. The largest absolute Gasteiger partial charge is 0.378 e. The van der Waals surface area contributed by atoms with E-state index in [2.05, 4.69) is 24.5 Å². The molecule has 23 heavy (non-hydrogen) atoms. The lowest BCUT2D eigenvalue weighted by molar-refractivity contribution is -0.138. The van der Waals surface area contributed by atoms with Crippen molar-refractivity contribution in [2.24, 2.45) is 11.3 Å². The molecule has 0 spiro atoms. The summed E-state index contributed by atoms with van der Waals surface area (Å²) in [7, 11) is 3.91. The second-order valence-electron chi connectivity index (χ2n) is 6.96. The third-order valence-corrected chi connectivity index (χ3v) is 3.78. The third-order valence-electron chi connectivity index (χ3n) is 3.78. The lowest BCUT2D eigenvalue weighted by Gasteiger charge is -2.23. The highest BCUT2D eigenvalue weighted by Gasteiger charge is 2.35. The van der Waals surface area contributed by atoms with Crippen LogP contribution in [0.5, 0.6) is 0 Å². The van der Waals surface area contributed by atoms with Crippen LogP contribution in [0.2, 0.25) is 0 Å². The Morgan fingerprint density at radius 2 is 1.65 bits per heavy atom. The second-order valence-corrected chi connectivity index (χ2v) is 6.96. The Bertz CT molecular complexity index is 534. The number of nitrogens with zero attached hydrogens (tertiary/aromatic N) is 1. The van der Waals surface area contributed by atoms with Gasteiger partial charge in [0.15, 0.2) is 0 Å². The number of anilines is 2. The van der Waals surface area contributed by atoms with E-state index >= 15 is 0 Å². The minimum absolute atomic E-state index is 0.249. The van der Waals surface area contributed by atoms with Gasteiger partial charge >= 0.3 is 0 Å². The molecule has 0 fully saturated rings. The molecule has 1 rings (SSSR count). The molecular weight excluding hydrogens is 290 g/mol. The van der Waals surface area contributed by atoms with Crippen LogP contribution in [0.15, 0.2) is 24.3 Å². The molecule has 0 radical (unpaired) electrons. The van der Waals surface area contributed by atoms with Gasteiger partial charge in [0.2, 0.25) is 11.8 Å². The summed E-state index contributed by atoms with van der Waals surface area (Å²) in [5.41, 5.74) is 0.620. The van der Waals surface area contributed by atoms with Crippen molar-refractivity contribution < 1.29 is 9.59 Å². The van der Waals surface area contributed by atoms with E-state index in [0.717, 1.165) is 12.1 Å². The van der Waals surface area contributed by atoms with Crippen molar-refractivity contribution in [2.45, 2.75) is 34.1 Å². The van der Waals surface area contributed by atoms with Crippen LogP contribution in [0.25, 0.3) is 0 Å². The van der Waals surface area contributed by atoms with E-state index in [0.29, 0.717) is 18.2 Å². The molecule has 0 aliphatic carbocycles. The van der Waals surface area contributed by atoms with Gasteiger partial charge in [-0.15, -0.1) is 0 Å². The van der Waals surface area contributed by atoms with Crippen molar-refractivity contribution in [2.75, 3.05) is 30.9 Å². The number of amides is 2. The van der Waals surface area contributed by atoms with Gasteiger partial charge in [-0.1, -0.05) is 13.8 Å². The fraction of sp³-hybridized carbons (Fsp3) is 0.556. The summed E-state index contributed by atoms with van der Waals surface area (Å²) in [5.74, 6) is -0.0415. The van der Waals surface area contributed by atoms with Crippen LogP contribution < -0.4 is 15.5 Å². The average Bonchev–Trinajstić information content (AvgIpc) is 2.47. The monoisotopic (exact) mass is 319 g/mol. The van der Waals surface area contributed by atoms with E-state index in [1.165, 1.54) is 0 Å². The zero-order valence-corrected chi connectivity index (χ0v) is 15.1. The van der Waals surface area contributed by atoms with Gasteiger partial charge in [0, 0.05) is 32.0 Å². The molecule has 0 unspecified atom stereocenters. The van der Waals surface area contributed by atoms with Gasteiger partial charge in [0.05, 0.1) is 0 Å². The highest BCUT2D eigenvalue weighted by molar-refractivity contribution is 6.09. The number of carbonyl (C=O) groups excluding carboxylic acids is 2. The smallest absolute Gasteiger partial charge is 0.239 e. The Morgan fingerprint density at radius 3 is 2.13 bits per heavy atom. The summed E-state index contributed by atoms with van der Waals surface area (Å²) in [6.45, 7) is 8.07. The van der Waals surface area contributed by atoms with E-state index in [9.17, 15) is 9.59 Å². The molecule has 1 aromatic rings. The normalized spacial score (nSPS) is 11.3. The quantitative estimate of drug-likeness (QED) is 0.760. The fourth-order valence-electron chi connectivity index (χ4n) is 1.93. The standard InChI is InChI=1S/C18H29N3O2/c1-13(2)11-12-19-16(22)18(3,4)17(23)20-14-7-9-15(10-8-14)21(5)6/h7-10,13H,11-12H2,1-6H3,(H,19,22)(H,20,23). The highest BCUT2D eigenvalue weighted by atomic mass is 16.2. The van der Waals surface area contributed by atoms with E-state index in [-0.39, 0.29) is 11.8 Å². The Kier molecular flexibility index (Phi) is 6.61. The van der Waals surface area contributed by atoms with Crippen LogP contribution in [-0.4, -0.2) is 32.5 Å². The molecule has 128 valence electrons. The van der Waals surface area contributed by atoms with Gasteiger partial charge in [-0.2, -0.15) is 0 Å². The van der Waals surface area contributed by atoms with Crippen LogP contribution in [0, 0.1) is 11.3 Å². The first-order chi connectivity index (χ1) is 10.6. The Morgan fingerprint density at radius 1 is 1.09 bits per heavy atom. The summed E-state index contributed by atoms with van der Waals surface area (Å²) in [6.07, 6.45) is 0.898. The first-order valence-corrected chi connectivity index (χ1v) is 8.01. The molecule has 2 amide bonds. The van der Waals surface area contributed by atoms with Gasteiger partial charge in [0.25, 0.3) is 0 Å². The molecule has 0 saturated heterocycles. The molecule has 1 aromatic carbocycles. The maximum absolute atomic E-state index is 12.4. The average molecular weight is 319 g/mol. The van der Waals surface area contributed by atoms with Crippen LogP contribution in [-0.2, 0) is 9.59 Å². The number of hydrogen-bond donors (Lipinski definition) is 2. The van der Waals surface area contributed by atoms with Crippen molar-refractivity contribution in [3.63, 3.8) is 0 Å². The Labute approximate surface area is 139 Å². The summed E-state index contributed by atoms with van der Waals surface area (Å²) in [4.78, 5) is 26.6. The zero-order valence-electron chi connectivity index (χ0n) is 15.1. The molecule has 0 aliphatic heterocycles. The van der Waals surface area contributed by atoms with E-state index in [4.69, 9.17) is 0 Å². The van der Waals surface area contributed by atoms with Crippen molar-refractivity contribution in [3.8, 4) is 0 Å². The molecule has 5 heteroatoms. The number of rotatable bonds is 7. The molecular formula is C18H29N3O2.